The quantitative estimate of drug-likeness (QED) is 0.844. The van der Waals surface area contributed by atoms with Crippen molar-refractivity contribution in [3.8, 4) is 0 Å². The van der Waals surface area contributed by atoms with Crippen molar-refractivity contribution in [1.82, 2.24) is 9.80 Å². The van der Waals surface area contributed by atoms with Crippen molar-refractivity contribution in [2.75, 3.05) is 31.1 Å². The Kier molecular flexibility index (Phi) is 5.51. The van der Waals surface area contributed by atoms with Crippen LogP contribution in [0.25, 0.3) is 0 Å². The number of nitrogens with zero attached hydrogens (tertiary/aromatic N) is 3. The average Bonchev–Trinajstić information content (AvgIpc) is 3.47. The minimum atomic E-state index is -0.954. The first kappa shape index (κ1) is 18.7. The van der Waals surface area contributed by atoms with E-state index in [0.29, 0.717) is 11.6 Å². The van der Waals surface area contributed by atoms with Gasteiger partial charge >= 0.3 is 5.97 Å². The van der Waals surface area contributed by atoms with Gasteiger partial charge in [0.1, 0.15) is 6.04 Å². The fourth-order valence-corrected chi connectivity index (χ4v) is 3.59. The predicted molar refractivity (Wildman–Crippen MR) is 102 cm³/mol. The molecule has 1 amide bonds. The molecule has 0 bridgehead atoms. The fourth-order valence-electron chi connectivity index (χ4n) is 3.59. The lowest BCUT2D eigenvalue weighted by molar-refractivity contribution is -0.141. The standard InChI is InChI=1S/C20H29N3O3/c1-14(2)21-10-12-22(13-11-21)17-6-4-16(5-7-17)19(24)23(18-8-9-18)15(3)20(25)26/h4-7,14-15,18H,8-13H2,1-3H3,(H,25,26). The van der Waals surface area contributed by atoms with Crippen molar-refractivity contribution < 1.29 is 14.7 Å². The molecule has 0 spiro atoms. The Morgan fingerprint density at radius 1 is 1.04 bits per heavy atom. The van der Waals surface area contributed by atoms with Crippen molar-refractivity contribution in [2.24, 2.45) is 0 Å². The van der Waals surface area contributed by atoms with Crippen molar-refractivity contribution in [2.45, 2.75) is 51.7 Å². The van der Waals surface area contributed by atoms with Crippen LogP contribution in [0.15, 0.2) is 24.3 Å². The number of hydrogen-bond donors (Lipinski definition) is 1. The Hall–Kier alpha value is -2.08. The molecular weight excluding hydrogens is 330 g/mol. The Labute approximate surface area is 155 Å². The van der Waals surface area contributed by atoms with E-state index >= 15 is 0 Å². The normalized spacial score (nSPS) is 19.5. The summed E-state index contributed by atoms with van der Waals surface area (Å²) in [5, 5.41) is 9.30. The smallest absolute Gasteiger partial charge is 0.326 e. The first-order chi connectivity index (χ1) is 12.4. The number of piperazine rings is 1. The third-order valence-electron chi connectivity index (χ3n) is 5.47. The highest BCUT2D eigenvalue weighted by Crippen LogP contribution is 2.30. The van der Waals surface area contributed by atoms with Gasteiger partial charge in [-0.2, -0.15) is 0 Å². The van der Waals surface area contributed by atoms with E-state index in [0.717, 1.165) is 44.7 Å². The molecule has 26 heavy (non-hydrogen) atoms. The van der Waals surface area contributed by atoms with Gasteiger partial charge in [-0.05, 0) is 57.9 Å². The van der Waals surface area contributed by atoms with Gasteiger partial charge in [-0.25, -0.2) is 4.79 Å². The Bertz CT molecular complexity index is 647. The number of benzene rings is 1. The van der Waals surface area contributed by atoms with Crippen molar-refractivity contribution in [3.05, 3.63) is 29.8 Å². The minimum absolute atomic E-state index is 0.0670. The zero-order valence-corrected chi connectivity index (χ0v) is 15.9. The van der Waals surface area contributed by atoms with Crippen LogP contribution in [-0.2, 0) is 4.79 Å². The van der Waals surface area contributed by atoms with E-state index in [1.807, 2.05) is 24.3 Å². The van der Waals surface area contributed by atoms with E-state index in [-0.39, 0.29) is 11.9 Å². The molecule has 1 aromatic carbocycles. The molecule has 1 unspecified atom stereocenters. The number of aliphatic carboxylic acids is 1. The number of carboxylic acids is 1. The topological polar surface area (TPSA) is 64.1 Å². The van der Waals surface area contributed by atoms with Gasteiger partial charge in [0.25, 0.3) is 5.91 Å². The van der Waals surface area contributed by atoms with Crippen LogP contribution < -0.4 is 4.90 Å². The van der Waals surface area contributed by atoms with Crippen LogP contribution in [0.1, 0.15) is 44.0 Å². The molecule has 3 rings (SSSR count). The van der Waals surface area contributed by atoms with Crippen LogP contribution in [0.2, 0.25) is 0 Å². The second-order valence-electron chi connectivity index (χ2n) is 7.62. The van der Waals surface area contributed by atoms with E-state index in [2.05, 4.69) is 23.6 Å². The summed E-state index contributed by atoms with van der Waals surface area (Å²) in [6, 6.07) is 7.47. The maximum absolute atomic E-state index is 12.8. The zero-order chi connectivity index (χ0) is 18.8. The summed E-state index contributed by atoms with van der Waals surface area (Å²) in [7, 11) is 0. The fraction of sp³-hybridized carbons (Fsp3) is 0.600. The number of rotatable bonds is 6. The highest BCUT2D eigenvalue weighted by atomic mass is 16.4. The third-order valence-corrected chi connectivity index (χ3v) is 5.47. The van der Waals surface area contributed by atoms with Gasteiger partial charge in [0.05, 0.1) is 0 Å². The second kappa shape index (κ2) is 7.66. The highest BCUT2D eigenvalue weighted by Gasteiger charge is 2.38. The second-order valence-corrected chi connectivity index (χ2v) is 7.62. The molecule has 6 heteroatoms. The number of amides is 1. The molecule has 1 atom stereocenters. The van der Waals surface area contributed by atoms with Crippen LogP contribution in [0.5, 0.6) is 0 Å². The minimum Gasteiger partial charge on any atom is -0.480 e. The summed E-state index contributed by atoms with van der Waals surface area (Å²) < 4.78 is 0. The van der Waals surface area contributed by atoms with Gasteiger partial charge < -0.3 is 14.9 Å². The number of carboxylic acid groups (broad SMARTS) is 1. The lowest BCUT2D eigenvalue weighted by Crippen LogP contribution is -2.48. The van der Waals surface area contributed by atoms with Gasteiger partial charge in [-0.15, -0.1) is 0 Å². The van der Waals surface area contributed by atoms with Gasteiger partial charge in [-0.1, -0.05) is 0 Å². The lowest BCUT2D eigenvalue weighted by atomic mass is 10.1. The summed E-state index contributed by atoms with van der Waals surface area (Å²) in [6.45, 7) is 10.1. The monoisotopic (exact) mass is 359 g/mol. The molecule has 2 aliphatic rings. The lowest BCUT2D eigenvalue weighted by Gasteiger charge is -2.38. The molecule has 1 aliphatic heterocycles. The van der Waals surface area contributed by atoms with E-state index in [9.17, 15) is 14.7 Å². The Morgan fingerprint density at radius 2 is 1.62 bits per heavy atom. The summed E-state index contributed by atoms with van der Waals surface area (Å²) in [5.41, 5.74) is 1.68. The molecule has 1 aromatic rings. The van der Waals surface area contributed by atoms with Crippen LogP contribution in [0.4, 0.5) is 5.69 Å². The van der Waals surface area contributed by atoms with Crippen molar-refractivity contribution >= 4 is 17.6 Å². The Balaban J connectivity index is 1.67. The van der Waals surface area contributed by atoms with Crippen LogP contribution in [-0.4, -0.2) is 71.1 Å². The molecule has 2 fully saturated rings. The van der Waals surface area contributed by atoms with Crippen LogP contribution >= 0.6 is 0 Å². The van der Waals surface area contributed by atoms with Crippen LogP contribution in [0, 0.1) is 0 Å². The summed E-state index contributed by atoms with van der Waals surface area (Å²) in [6.07, 6.45) is 1.78. The first-order valence-electron chi connectivity index (χ1n) is 9.53. The molecule has 142 valence electrons. The average molecular weight is 359 g/mol. The highest BCUT2D eigenvalue weighted by molar-refractivity contribution is 5.97. The van der Waals surface area contributed by atoms with Crippen molar-refractivity contribution in [1.29, 1.82) is 0 Å². The van der Waals surface area contributed by atoms with Crippen LogP contribution in [0.3, 0.4) is 0 Å². The van der Waals surface area contributed by atoms with E-state index < -0.39 is 12.0 Å². The van der Waals surface area contributed by atoms with Gasteiger partial charge in [0.2, 0.25) is 0 Å². The maximum atomic E-state index is 12.8. The molecular formula is C20H29N3O3. The van der Waals surface area contributed by atoms with Gasteiger partial charge in [0, 0.05) is 49.5 Å². The third kappa shape index (κ3) is 4.01. The number of carbonyl (C=O) groups is 2. The molecule has 6 nitrogen and oxygen atoms in total. The number of hydrogen-bond acceptors (Lipinski definition) is 4. The van der Waals surface area contributed by atoms with E-state index in [4.69, 9.17) is 0 Å². The molecule has 1 saturated heterocycles. The van der Waals surface area contributed by atoms with E-state index in [1.165, 1.54) is 4.90 Å². The largest absolute Gasteiger partial charge is 0.480 e. The summed E-state index contributed by atoms with van der Waals surface area (Å²) >= 11 is 0. The SMILES string of the molecule is CC(C)N1CCN(c2ccc(C(=O)N(C3CC3)C(C)C(=O)O)cc2)CC1. The maximum Gasteiger partial charge on any atom is 0.326 e. The number of carbonyl (C=O) groups excluding carboxylic acids is 1. The van der Waals surface area contributed by atoms with Gasteiger partial charge in [0.15, 0.2) is 0 Å². The summed E-state index contributed by atoms with van der Waals surface area (Å²) in [4.78, 5) is 30.5. The molecule has 1 heterocycles. The molecule has 1 saturated carbocycles. The molecule has 1 aliphatic carbocycles. The predicted octanol–water partition coefficient (Wildman–Crippen LogP) is 2.29. The molecule has 0 aromatic heterocycles. The molecule has 1 N–H and O–H groups in total. The van der Waals surface area contributed by atoms with Gasteiger partial charge in [-0.3, -0.25) is 9.69 Å². The van der Waals surface area contributed by atoms with Crippen molar-refractivity contribution in [3.63, 3.8) is 0 Å². The number of anilines is 1. The zero-order valence-electron chi connectivity index (χ0n) is 15.9. The van der Waals surface area contributed by atoms with E-state index in [1.54, 1.807) is 6.92 Å². The Morgan fingerprint density at radius 3 is 2.08 bits per heavy atom. The molecule has 0 radical (unpaired) electrons. The summed E-state index contributed by atoms with van der Waals surface area (Å²) in [5.74, 6) is -1.14. The first-order valence-corrected chi connectivity index (χ1v) is 9.53.